The van der Waals surface area contributed by atoms with Crippen molar-refractivity contribution < 1.29 is 14.6 Å². The number of carbonyl (C=O) groups is 1. The average molecular weight is 334 g/mol. The quantitative estimate of drug-likeness (QED) is 0.618. The number of hydrogen-bond acceptors (Lipinski definition) is 5. The van der Waals surface area contributed by atoms with Crippen molar-refractivity contribution in [3.8, 4) is 0 Å². The number of benzene rings is 1. The van der Waals surface area contributed by atoms with Crippen molar-refractivity contribution in [2.24, 2.45) is 0 Å². The molecule has 1 saturated heterocycles. The molecule has 0 spiro atoms. The molecule has 5 heteroatoms. The normalized spacial score (nSPS) is 19.4. The zero-order valence-electron chi connectivity index (χ0n) is 15.2. The minimum atomic E-state index is -0.765. The number of hydrogen-bond donors (Lipinski definition) is 2. The summed E-state index contributed by atoms with van der Waals surface area (Å²) in [4.78, 5) is 13.8. The van der Waals surface area contributed by atoms with E-state index in [2.05, 4.69) is 11.8 Å². The summed E-state index contributed by atoms with van der Waals surface area (Å²) in [5.41, 5.74) is 8.29. The predicted octanol–water partition coefficient (Wildman–Crippen LogP) is 3.07. The van der Waals surface area contributed by atoms with Crippen LogP contribution in [0.3, 0.4) is 0 Å². The van der Waals surface area contributed by atoms with Gasteiger partial charge in [-0.3, -0.25) is 4.79 Å². The molecular weight excluding hydrogens is 304 g/mol. The monoisotopic (exact) mass is 334 g/mol. The molecule has 1 aliphatic rings. The van der Waals surface area contributed by atoms with Crippen LogP contribution in [0.15, 0.2) is 18.2 Å². The lowest BCUT2D eigenvalue weighted by Gasteiger charge is -2.36. The second-order valence-corrected chi connectivity index (χ2v) is 7.21. The van der Waals surface area contributed by atoms with Crippen LogP contribution in [-0.2, 0) is 9.53 Å². The van der Waals surface area contributed by atoms with Gasteiger partial charge < -0.3 is 20.5 Å². The Balaban J connectivity index is 2.24. The summed E-state index contributed by atoms with van der Waals surface area (Å²) < 4.78 is 4.78. The van der Waals surface area contributed by atoms with Gasteiger partial charge in [0, 0.05) is 6.54 Å². The van der Waals surface area contributed by atoms with E-state index in [4.69, 9.17) is 10.5 Å². The van der Waals surface area contributed by atoms with E-state index in [1.54, 1.807) is 0 Å². The molecule has 1 aromatic carbocycles. The number of carbonyl (C=O) groups excluding carboxylic acids is 1. The van der Waals surface area contributed by atoms with Crippen LogP contribution < -0.4 is 10.6 Å². The van der Waals surface area contributed by atoms with E-state index in [0.717, 1.165) is 37.1 Å². The van der Waals surface area contributed by atoms with Crippen LogP contribution in [-0.4, -0.2) is 36.4 Å². The molecule has 134 valence electrons. The highest BCUT2D eigenvalue weighted by Gasteiger charge is 2.36. The van der Waals surface area contributed by atoms with Gasteiger partial charge in [0.2, 0.25) is 0 Å². The first-order valence-corrected chi connectivity index (χ1v) is 8.73. The Morgan fingerprint density at radius 1 is 1.50 bits per heavy atom. The number of nitrogens with two attached hydrogens (primary N) is 1. The highest BCUT2D eigenvalue weighted by Crippen LogP contribution is 2.37. The van der Waals surface area contributed by atoms with Crippen LogP contribution >= 0.6 is 0 Å². The summed E-state index contributed by atoms with van der Waals surface area (Å²) in [6.45, 7) is 6.66. The van der Waals surface area contributed by atoms with Crippen LogP contribution in [0.2, 0.25) is 0 Å². The molecule has 0 aliphatic carbocycles. The van der Waals surface area contributed by atoms with Crippen LogP contribution in [0, 0.1) is 0 Å². The largest absolute Gasteiger partial charge is 0.469 e. The van der Waals surface area contributed by atoms with E-state index in [9.17, 15) is 9.90 Å². The van der Waals surface area contributed by atoms with Crippen molar-refractivity contribution in [2.45, 2.75) is 64.0 Å². The summed E-state index contributed by atoms with van der Waals surface area (Å²) in [7, 11) is 1.41. The van der Waals surface area contributed by atoms with Crippen LogP contribution in [0.1, 0.15) is 57.9 Å². The molecule has 1 aromatic rings. The Morgan fingerprint density at radius 2 is 2.21 bits per heavy atom. The maximum absolute atomic E-state index is 11.6. The van der Waals surface area contributed by atoms with Gasteiger partial charge in [0.05, 0.1) is 36.5 Å². The SMILES string of the molecule is CCC(CC(=O)OC)c1ccc(N2CCC[C@H]2C(C)(C)O)c(N)c1. The summed E-state index contributed by atoms with van der Waals surface area (Å²) in [5.74, 6) is -0.0939. The third-order valence-corrected chi connectivity index (χ3v) is 5.03. The predicted molar refractivity (Wildman–Crippen MR) is 97.2 cm³/mol. The van der Waals surface area contributed by atoms with E-state index in [-0.39, 0.29) is 17.9 Å². The van der Waals surface area contributed by atoms with Crippen molar-refractivity contribution in [3.63, 3.8) is 0 Å². The number of ether oxygens (including phenoxy) is 1. The highest BCUT2D eigenvalue weighted by molar-refractivity contribution is 5.72. The lowest BCUT2D eigenvalue weighted by molar-refractivity contribution is -0.141. The lowest BCUT2D eigenvalue weighted by Crippen LogP contribution is -2.46. The molecule has 0 aromatic heterocycles. The van der Waals surface area contributed by atoms with Gasteiger partial charge in [0.1, 0.15) is 0 Å². The number of nitrogen functional groups attached to an aromatic ring is 1. The van der Waals surface area contributed by atoms with Gasteiger partial charge in [0.25, 0.3) is 0 Å². The fraction of sp³-hybridized carbons (Fsp3) is 0.632. The van der Waals surface area contributed by atoms with E-state index >= 15 is 0 Å². The molecule has 1 aliphatic heterocycles. The summed E-state index contributed by atoms with van der Waals surface area (Å²) in [6.07, 6.45) is 3.23. The highest BCUT2D eigenvalue weighted by atomic mass is 16.5. The molecule has 1 heterocycles. The number of esters is 1. The second kappa shape index (κ2) is 7.43. The maximum atomic E-state index is 11.6. The Labute approximate surface area is 144 Å². The molecule has 3 N–H and O–H groups in total. The van der Waals surface area contributed by atoms with Gasteiger partial charge in [-0.2, -0.15) is 0 Å². The summed E-state index contributed by atoms with van der Waals surface area (Å²) >= 11 is 0. The Morgan fingerprint density at radius 3 is 2.75 bits per heavy atom. The molecule has 5 nitrogen and oxygen atoms in total. The molecular formula is C19H30N2O3. The Bertz CT molecular complexity index is 580. The minimum absolute atomic E-state index is 0.0719. The summed E-state index contributed by atoms with van der Waals surface area (Å²) in [6, 6.07) is 6.10. The molecule has 0 radical (unpaired) electrons. The van der Waals surface area contributed by atoms with Crippen molar-refractivity contribution in [1.29, 1.82) is 0 Å². The molecule has 0 amide bonds. The van der Waals surface area contributed by atoms with Gasteiger partial charge >= 0.3 is 5.97 Å². The number of aliphatic hydroxyl groups is 1. The number of rotatable bonds is 6. The van der Waals surface area contributed by atoms with Gasteiger partial charge in [-0.05, 0) is 56.7 Å². The number of nitrogens with zero attached hydrogens (tertiary/aromatic N) is 1. The van der Waals surface area contributed by atoms with E-state index < -0.39 is 5.60 Å². The molecule has 24 heavy (non-hydrogen) atoms. The second-order valence-electron chi connectivity index (χ2n) is 7.21. The third kappa shape index (κ3) is 4.01. The molecule has 1 fully saturated rings. The van der Waals surface area contributed by atoms with Crippen molar-refractivity contribution in [3.05, 3.63) is 23.8 Å². The van der Waals surface area contributed by atoms with E-state index in [1.165, 1.54) is 7.11 Å². The fourth-order valence-corrected chi connectivity index (χ4v) is 3.66. The first-order chi connectivity index (χ1) is 11.3. The first kappa shape index (κ1) is 18.6. The molecule has 0 saturated carbocycles. The number of methoxy groups -OCH3 is 1. The molecule has 2 rings (SSSR count). The zero-order chi connectivity index (χ0) is 17.9. The summed E-state index contributed by atoms with van der Waals surface area (Å²) in [5, 5.41) is 10.4. The maximum Gasteiger partial charge on any atom is 0.306 e. The van der Waals surface area contributed by atoms with Crippen molar-refractivity contribution in [1.82, 2.24) is 0 Å². The fourth-order valence-electron chi connectivity index (χ4n) is 3.66. The zero-order valence-corrected chi connectivity index (χ0v) is 15.2. The van der Waals surface area contributed by atoms with Gasteiger partial charge in [-0.1, -0.05) is 13.0 Å². The van der Waals surface area contributed by atoms with Gasteiger partial charge in [0.15, 0.2) is 0 Å². The van der Waals surface area contributed by atoms with Crippen LogP contribution in [0.5, 0.6) is 0 Å². The van der Waals surface area contributed by atoms with Gasteiger partial charge in [-0.15, -0.1) is 0 Å². The van der Waals surface area contributed by atoms with Crippen molar-refractivity contribution in [2.75, 3.05) is 24.3 Å². The lowest BCUT2D eigenvalue weighted by atomic mass is 9.92. The van der Waals surface area contributed by atoms with Crippen LogP contribution in [0.25, 0.3) is 0 Å². The topological polar surface area (TPSA) is 75.8 Å². The standard InChI is InChI=1S/C19H30N2O3/c1-5-13(12-18(22)24-4)14-8-9-16(15(20)11-14)21-10-6-7-17(21)19(2,3)23/h8-9,11,13,17,23H,5-7,10,12,20H2,1-4H3/t13?,17-/m0/s1. The Hall–Kier alpha value is -1.75. The molecule has 0 bridgehead atoms. The Kier molecular flexibility index (Phi) is 5.75. The third-order valence-electron chi connectivity index (χ3n) is 5.03. The smallest absolute Gasteiger partial charge is 0.306 e. The molecule has 1 unspecified atom stereocenters. The number of anilines is 2. The molecule has 2 atom stereocenters. The first-order valence-electron chi connectivity index (χ1n) is 8.73. The van der Waals surface area contributed by atoms with Crippen molar-refractivity contribution >= 4 is 17.3 Å². The average Bonchev–Trinajstić information content (AvgIpc) is 3.01. The minimum Gasteiger partial charge on any atom is -0.469 e. The van der Waals surface area contributed by atoms with Crippen LogP contribution in [0.4, 0.5) is 11.4 Å². The van der Waals surface area contributed by atoms with E-state index in [0.29, 0.717) is 12.1 Å². The van der Waals surface area contributed by atoms with E-state index in [1.807, 2.05) is 32.0 Å². The van der Waals surface area contributed by atoms with Gasteiger partial charge in [-0.25, -0.2) is 0 Å².